The quantitative estimate of drug-likeness (QED) is 0.377. The molecule has 0 saturated heterocycles. The van der Waals surface area contributed by atoms with Crippen molar-refractivity contribution in [1.82, 2.24) is 10.6 Å². The fourth-order valence-corrected chi connectivity index (χ4v) is 3.07. The van der Waals surface area contributed by atoms with Gasteiger partial charge < -0.3 is 20.1 Å². The van der Waals surface area contributed by atoms with Gasteiger partial charge in [0.05, 0.1) is 7.11 Å². The maximum Gasteiger partial charge on any atom is 0.387 e. The summed E-state index contributed by atoms with van der Waals surface area (Å²) in [6.07, 6.45) is 0. The van der Waals surface area contributed by atoms with Crippen LogP contribution in [0.4, 0.5) is 8.78 Å². The fourth-order valence-electron chi connectivity index (χ4n) is 2.11. The van der Waals surface area contributed by atoms with Crippen molar-refractivity contribution in [2.24, 2.45) is 0 Å². The van der Waals surface area contributed by atoms with Crippen LogP contribution in [0.5, 0.6) is 11.5 Å². The highest BCUT2D eigenvalue weighted by molar-refractivity contribution is 7.99. The zero-order valence-electron chi connectivity index (χ0n) is 14.2. The molecule has 2 rings (SSSR count). The monoisotopic (exact) mass is 398 g/mol. The molecule has 0 saturated carbocycles. The Hall–Kier alpha value is -2.06. The van der Waals surface area contributed by atoms with Gasteiger partial charge in [-0.2, -0.15) is 8.78 Å². The van der Waals surface area contributed by atoms with Crippen molar-refractivity contribution in [2.75, 3.05) is 19.4 Å². The maximum atomic E-state index is 12.3. The van der Waals surface area contributed by atoms with E-state index in [1.165, 1.54) is 18.1 Å². The molecule has 8 heteroatoms. The van der Waals surface area contributed by atoms with Crippen LogP contribution in [0.3, 0.4) is 0 Å². The maximum absolute atomic E-state index is 12.3. The summed E-state index contributed by atoms with van der Waals surface area (Å²) in [6, 6.07) is 14.9. The van der Waals surface area contributed by atoms with Crippen LogP contribution in [-0.2, 0) is 6.54 Å². The second-order valence-corrected chi connectivity index (χ2v) is 6.71. The highest BCUT2D eigenvalue weighted by atomic mass is 32.2. The van der Waals surface area contributed by atoms with E-state index in [9.17, 15) is 8.78 Å². The highest BCUT2D eigenvalue weighted by Gasteiger charge is 2.11. The number of nitrogens with one attached hydrogen (secondary N) is 2. The molecular formula is C18H20F2N2O2S2. The molecule has 0 aliphatic heterocycles. The molecule has 0 unspecified atom stereocenters. The second kappa shape index (κ2) is 10.8. The third-order valence-corrected chi connectivity index (χ3v) is 4.60. The number of ether oxygens (including phenoxy) is 2. The molecule has 26 heavy (non-hydrogen) atoms. The van der Waals surface area contributed by atoms with Crippen molar-refractivity contribution in [3.05, 3.63) is 54.1 Å². The van der Waals surface area contributed by atoms with E-state index in [-0.39, 0.29) is 11.5 Å². The molecular weight excluding hydrogens is 378 g/mol. The molecule has 0 radical (unpaired) electrons. The third kappa shape index (κ3) is 7.05. The molecule has 0 heterocycles. The van der Waals surface area contributed by atoms with Gasteiger partial charge in [0.2, 0.25) is 0 Å². The van der Waals surface area contributed by atoms with Crippen molar-refractivity contribution in [2.45, 2.75) is 18.1 Å². The Bertz CT molecular complexity index is 703. The van der Waals surface area contributed by atoms with E-state index in [0.717, 1.165) is 17.9 Å². The lowest BCUT2D eigenvalue weighted by molar-refractivity contribution is -0.0512. The Morgan fingerprint density at radius 2 is 1.88 bits per heavy atom. The van der Waals surface area contributed by atoms with E-state index < -0.39 is 6.61 Å². The first-order valence-electron chi connectivity index (χ1n) is 7.89. The van der Waals surface area contributed by atoms with Gasteiger partial charge in [-0.05, 0) is 42.0 Å². The summed E-state index contributed by atoms with van der Waals surface area (Å²) in [6.45, 7) is -1.71. The molecule has 0 atom stereocenters. The molecule has 0 fully saturated rings. The van der Waals surface area contributed by atoms with Crippen LogP contribution in [0.25, 0.3) is 0 Å². The standard InChI is InChI=1S/C18H20F2N2O2S2/c1-23-16-11-13(7-8-15(16)24-17(19)20)12-22-18(25)21-9-10-26-14-5-3-2-4-6-14/h2-8,11,17H,9-10,12H2,1H3,(H2,21,22,25). The number of halogens is 2. The van der Waals surface area contributed by atoms with E-state index >= 15 is 0 Å². The summed E-state index contributed by atoms with van der Waals surface area (Å²) in [5.74, 6) is 1.15. The first kappa shape index (κ1) is 20.3. The van der Waals surface area contributed by atoms with Crippen LogP contribution in [0.1, 0.15) is 5.56 Å². The zero-order valence-corrected chi connectivity index (χ0v) is 15.8. The van der Waals surface area contributed by atoms with E-state index in [4.69, 9.17) is 17.0 Å². The van der Waals surface area contributed by atoms with E-state index in [2.05, 4.69) is 27.5 Å². The van der Waals surface area contributed by atoms with Gasteiger partial charge in [0, 0.05) is 23.7 Å². The predicted octanol–water partition coefficient (Wildman–Crippen LogP) is 4.05. The summed E-state index contributed by atoms with van der Waals surface area (Å²) < 4.78 is 34.1. The topological polar surface area (TPSA) is 42.5 Å². The Labute approximate surface area is 161 Å². The van der Waals surface area contributed by atoms with Crippen molar-refractivity contribution in [3.8, 4) is 11.5 Å². The van der Waals surface area contributed by atoms with Gasteiger partial charge in [0.15, 0.2) is 16.6 Å². The summed E-state index contributed by atoms with van der Waals surface area (Å²) in [4.78, 5) is 1.21. The lowest BCUT2D eigenvalue weighted by atomic mass is 10.2. The molecule has 0 aliphatic rings. The highest BCUT2D eigenvalue weighted by Crippen LogP contribution is 2.29. The normalized spacial score (nSPS) is 10.5. The zero-order chi connectivity index (χ0) is 18.8. The summed E-state index contributed by atoms with van der Waals surface area (Å²) in [5.41, 5.74) is 0.839. The minimum atomic E-state index is -2.89. The molecule has 2 aromatic rings. The Kier molecular flexibility index (Phi) is 8.43. The van der Waals surface area contributed by atoms with E-state index in [1.807, 2.05) is 18.2 Å². The summed E-state index contributed by atoms with van der Waals surface area (Å²) in [7, 11) is 1.40. The fraction of sp³-hybridized carbons (Fsp3) is 0.278. The molecule has 0 aliphatic carbocycles. The number of hydrogen-bond donors (Lipinski definition) is 2. The van der Waals surface area contributed by atoms with Gasteiger partial charge in [-0.15, -0.1) is 11.8 Å². The molecule has 2 N–H and O–H groups in total. The predicted molar refractivity (Wildman–Crippen MR) is 104 cm³/mol. The average Bonchev–Trinajstić information content (AvgIpc) is 2.65. The number of thioether (sulfide) groups is 1. The first-order chi connectivity index (χ1) is 12.6. The molecule has 0 aromatic heterocycles. The number of rotatable bonds is 9. The smallest absolute Gasteiger partial charge is 0.387 e. The van der Waals surface area contributed by atoms with Gasteiger partial charge in [-0.25, -0.2) is 0 Å². The largest absolute Gasteiger partial charge is 0.493 e. The van der Waals surface area contributed by atoms with Gasteiger partial charge in [0.1, 0.15) is 0 Å². The number of benzene rings is 2. The van der Waals surface area contributed by atoms with Crippen molar-refractivity contribution in [1.29, 1.82) is 0 Å². The van der Waals surface area contributed by atoms with Crippen molar-refractivity contribution in [3.63, 3.8) is 0 Å². The lowest BCUT2D eigenvalue weighted by Crippen LogP contribution is -2.36. The minimum Gasteiger partial charge on any atom is -0.493 e. The SMILES string of the molecule is COc1cc(CNC(=S)NCCSc2ccccc2)ccc1OC(F)F. The molecule has 0 amide bonds. The van der Waals surface area contributed by atoms with Crippen LogP contribution < -0.4 is 20.1 Å². The second-order valence-electron chi connectivity index (χ2n) is 5.13. The van der Waals surface area contributed by atoms with Crippen LogP contribution in [0.15, 0.2) is 53.4 Å². The van der Waals surface area contributed by atoms with E-state index in [1.54, 1.807) is 23.9 Å². The number of alkyl halides is 2. The Morgan fingerprint density at radius 3 is 2.58 bits per heavy atom. The summed E-state index contributed by atoms with van der Waals surface area (Å²) in [5, 5.41) is 6.74. The number of methoxy groups -OCH3 is 1. The molecule has 4 nitrogen and oxygen atoms in total. The Balaban J connectivity index is 1.73. The van der Waals surface area contributed by atoms with Gasteiger partial charge in [0.25, 0.3) is 0 Å². The first-order valence-corrected chi connectivity index (χ1v) is 9.29. The van der Waals surface area contributed by atoms with Crippen LogP contribution in [0, 0.1) is 0 Å². The van der Waals surface area contributed by atoms with Gasteiger partial charge in [-0.1, -0.05) is 24.3 Å². The van der Waals surface area contributed by atoms with E-state index in [0.29, 0.717) is 11.7 Å². The number of thiocarbonyl (C=S) groups is 1. The average molecular weight is 399 g/mol. The van der Waals surface area contributed by atoms with Crippen LogP contribution in [0.2, 0.25) is 0 Å². The molecule has 140 valence electrons. The summed E-state index contributed by atoms with van der Waals surface area (Å²) >= 11 is 6.99. The third-order valence-electron chi connectivity index (χ3n) is 3.30. The van der Waals surface area contributed by atoms with Crippen molar-refractivity contribution >= 4 is 29.1 Å². The van der Waals surface area contributed by atoms with Crippen LogP contribution in [-0.4, -0.2) is 31.1 Å². The lowest BCUT2D eigenvalue weighted by Gasteiger charge is -2.13. The molecule has 0 spiro atoms. The molecule has 0 bridgehead atoms. The minimum absolute atomic E-state index is 0.00453. The van der Waals surface area contributed by atoms with Gasteiger partial charge >= 0.3 is 6.61 Å². The van der Waals surface area contributed by atoms with Gasteiger partial charge in [-0.3, -0.25) is 0 Å². The molecule has 2 aromatic carbocycles. The van der Waals surface area contributed by atoms with Crippen molar-refractivity contribution < 1.29 is 18.3 Å². The number of hydrogen-bond acceptors (Lipinski definition) is 4. The van der Waals surface area contributed by atoms with Crippen LogP contribution >= 0.6 is 24.0 Å². The Morgan fingerprint density at radius 1 is 1.12 bits per heavy atom.